The maximum atomic E-state index is 12.2. The van der Waals surface area contributed by atoms with Crippen LogP contribution in [0.3, 0.4) is 0 Å². The van der Waals surface area contributed by atoms with Gasteiger partial charge in [-0.2, -0.15) is 4.72 Å². The quantitative estimate of drug-likeness (QED) is 0.564. The number of sulfonamides is 1. The van der Waals surface area contributed by atoms with E-state index < -0.39 is 41.1 Å². The number of aryl methyl sites for hydroxylation is 2. The van der Waals surface area contributed by atoms with Gasteiger partial charge in [-0.25, -0.2) is 13.2 Å². The van der Waals surface area contributed by atoms with Gasteiger partial charge < -0.3 is 10.1 Å². The molecule has 1 fully saturated rings. The van der Waals surface area contributed by atoms with Gasteiger partial charge in [0.2, 0.25) is 10.0 Å². The normalized spacial score (nSPS) is 14.8. The molecule has 1 aliphatic rings. The molecule has 1 aromatic rings. The van der Waals surface area contributed by atoms with E-state index in [1.807, 2.05) is 6.92 Å². The van der Waals surface area contributed by atoms with E-state index in [1.54, 1.807) is 13.0 Å². The standard InChI is InChI=1S/C19H27N3O6S/c1-13-8-9-16(10-14(13)2)29(26,27)20-11-18(24)28-12-17(23)22-19(25)21-15-6-4-3-5-7-15/h8-10,15,20H,3-7,11-12H2,1-2H3,(H2,21,22,23,25). The molecule has 0 atom stereocenters. The summed E-state index contributed by atoms with van der Waals surface area (Å²) in [6.45, 7) is 2.34. The lowest BCUT2D eigenvalue weighted by atomic mass is 9.96. The van der Waals surface area contributed by atoms with Gasteiger partial charge in [0.15, 0.2) is 6.61 Å². The van der Waals surface area contributed by atoms with E-state index in [9.17, 15) is 22.8 Å². The Morgan fingerprint density at radius 1 is 1.07 bits per heavy atom. The summed E-state index contributed by atoms with van der Waals surface area (Å²) >= 11 is 0. The zero-order chi connectivity index (χ0) is 21.4. The number of amides is 3. The third kappa shape index (κ3) is 7.47. The fraction of sp³-hybridized carbons (Fsp3) is 0.526. The molecule has 10 heteroatoms. The number of imide groups is 1. The molecule has 0 aromatic heterocycles. The van der Waals surface area contributed by atoms with Crippen LogP contribution in [0.5, 0.6) is 0 Å². The summed E-state index contributed by atoms with van der Waals surface area (Å²) in [7, 11) is -3.88. The van der Waals surface area contributed by atoms with Gasteiger partial charge in [-0.3, -0.25) is 14.9 Å². The molecule has 0 radical (unpaired) electrons. The molecule has 0 saturated heterocycles. The first-order valence-electron chi connectivity index (χ1n) is 9.50. The van der Waals surface area contributed by atoms with Crippen molar-refractivity contribution in [3.63, 3.8) is 0 Å². The molecule has 1 saturated carbocycles. The molecule has 3 N–H and O–H groups in total. The summed E-state index contributed by atoms with van der Waals surface area (Å²) in [5, 5.41) is 4.79. The Balaban J connectivity index is 1.72. The van der Waals surface area contributed by atoms with Crippen molar-refractivity contribution in [2.75, 3.05) is 13.2 Å². The lowest BCUT2D eigenvalue weighted by molar-refractivity contribution is -0.147. The Labute approximate surface area is 170 Å². The van der Waals surface area contributed by atoms with Crippen molar-refractivity contribution >= 4 is 27.9 Å². The van der Waals surface area contributed by atoms with Crippen LogP contribution in [0.25, 0.3) is 0 Å². The SMILES string of the molecule is Cc1ccc(S(=O)(=O)NCC(=O)OCC(=O)NC(=O)NC2CCCCC2)cc1C. The molecule has 0 heterocycles. The predicted molar refractivity (Wildman–Crippen MR) is 106 cm³/mol. The second-order valence-electron chi connectivity index (χ2n) is 7.09. The fourth-order valence-corrected chi connectivity index (χ4v) is 4.00. The summed E-state index contributed by atoms with van der Waals surface area (Å²) in [6.07, 6.45) is 4.96. The minimum absolute atomic E-state index is 0.0329. The summed E-state index contributed by atoms with van der Waals surface area (Å²) < 4.78 is 31.3. The highest BCUT2D eigenvalue weighted by Crippen LogP contribution is 2.17. The molecule has 0 unspecified atom stereocenters. The number of hydrogen-bond donors (Lipinski definition) is 3. The number of nitrogens with one attached hydrogen (secondary N) is 3. The molecule has 0 spiro atoms. The number of carbonyl (C=O) groups excluding carboxylic acids is 3. The molecule has 29 heavy (non-hydrogen) atoms. The summed E-state index contributed by atoms with van der Waals surface area (Å²) in [5.41, 5.74) is 1.75. The second kappa shape index (κ2) is 10.4. The second-order valence-corrected chi connectivity index (χ2v) is 8.85. The van der Waals surface area contributed by atoms with E-state index >= 15 is 0 Å². The van der Waals surface area contributed by atoms with Crippen LogP contribution in [0.4, 0.5) is 4.79 Å². The number of benzene rings is 1. The van der Waals surface area contributed by atoms with E-state index in [0.29, 0.717) is 0 Å². The number of carbonyl (C=O) groups is 3. The van der Waals surface area contributed by atoms with Crippen LogP contribution >= 0.6 is 0 Å². The van der Waals surface area contributed by atoms with Gasteiger partial charge in [0.05, 0.1) is 4.90 Å². The monoisotopic (exact) mass is 425 g/mol. The predicted octanol–water partition coefficient (Wildman–Crippen LogP) is 1.28. The highest BCUT2D eigenvalue weighted by molar-refractivity contribution is 7.89. The maximum absolute atomic E-state index is 12.2. The van der Waals surface area contributed by atoms with Gasteiger partial charge in [-0.15, -0.1) is 0 Å². The summed E-state index contributed by atoms with van der Waals surface area (Å²) in [5.74, 6) is -1.72. The lowest BCUT2D eigenvalue weighted by Crippen LogP contribution is -2.46. The van der Waals surface area contributed by atoms with Gasteiger partial charge in [0.1, 0.15) is 6.54 Å². The summed E-state index contributed by atoms with van der Waals surface area (Å²) in [4.78, 5) is 35.2. The largest absolute Gasteiger partial charge is 0.455 e. The molecule has 3 amide bonds. The number of urea groups is 1. The first-order chi connectivity index (χ1) is 13.7. The molecule has 0 bridgehead atoms. The van der Waals surface area contributed by atoms with Crippen LogP contribution in [0.2, 0.25) is 0 Å². The molecular formula is C19H27N3O6S. The average molecular weight is 426 g/mol. The Hall–Kier alpha value is -2.46. The zero-order valence-corrected chi connectivity index (χ0v) is 17.4. The molecule has 1 aromatic carbocycles. The molecule has 1 aliphatic carbocycles. The lowest BCUT2D eigenvalue weighted by Gasteiger charge is -2.22. The van der Waals surface area contributed by atoms with Crippen LogP contribution in [0, 0.1) is 13.8 Å². The van der Waals surface area contributed by atoms with Crippen LogP contribution in [0.1, 0.15) is 43.2 Å². The van der Waals surface area contributed by atoms with Gasteiger partial charge in [-0.1, -0.05) is 25.3 Å². The Morgan fingerprint density at radius 2 is 1.76 bits per heavy atom. The number of esters is 1. The minimum atomic E-state index is -3.88. The number of ether oxygens (including phenoxy) is 1. The van der Waals surface area contributed by atoms with Gasteiger partial charge in [-0.05, 0) is 49.9 Å². The van der Waals surface area contributed by atoms with Crippen molar-refractivity contribution < 1.29 is 27.5 Å². The minimum Gasteiger partial charge on any atom is -0.455 e. The molecule has 160 valence electrons. The maximum Gasteiger partial charge on any atom is 0.321 e. The number of rotatable bonds is 7. The van der Waals surface area contributed by atoms with Gasteiger partial charge >= 0.3 is 12.0 Å². The average Bonchev–Trinajstić information content (AvgIpc) is 2.67. The van der Waals surface area contributed by atoms with Crippen LogP contribution in [0.15, 0.2) is 23.1 Å². The Kier molecular flexibility index (Phi) is 8.15. The Morgan fingerprint density at radius 3 is 2.41 bits per heavy atom. The van der Waals surface area contributed by atoms with Crippen molar-refractivity contribution in [2.24, 2.45) is 0 Å². The summed E-state index contributed by atoms with van der Waals surface area (Å²) in [6, 6.07) is 4.02. The van der Waals surface area contributed by atoms with Crippen molar-refractivity contribution in [1.82, 2.24) is 15.4 Å². The Bertz CT molecular complexity index is 863. The van der Waals surface area contributed by atoms with Gasteiger partial charge in [0.25, 0.3) is 5.91 Å². The zero-order valence-electron chi connectivity index (χ0n) is 16.6. The van der Waals surface area contributed by atoms with E-state index in [4.69, 9.17) is 4.74 Å². The topological polar surface area (TPSA) is 131 Å². The first-order valence-corrected chi connectivity index (χ1v) is 11.0. The molecular weight excluding hydrogens is 398 g/mol. The van der Waals surface area contributed by atoms with Crippen LogP contribution in [-0.2, 0) is 24.3 Å². The molecule has 0 aliphatic heterocycles. The third-order valence-corrected chi connectivity index (χ3v) is 6.15. The first kappa shape index (κ1) is 22.8. The highest BCUT2D eigenvalue weighted by atomic mass is 32.2. The molecule has 2 rings (SSSR count). The van der Waals surface area contributed by atoms with Crippen molar-refractivity contribution in [2.45, 2.75) is 56.9 Å². The fourth-order valence-electron chi connectivity index (χ4n) is 2.95. The van der Waals surface area contributed by atoms with Crippen molar-refractivity contribution in [3.8, 4) is 0 Å². The third-order valence-electron chi connectivity index (χ3n) is 4.75. The smallest absolute Gasteiger partial charge is 0.321 e. The van der Waals surface area contributed by atoms with Crippen molar-refractivity contribution in [1.29, 1.82) is 0 Å². The van der Waals surface area contributed by atoms with Crippen molar-refractivity contribution in [3.05, 3.63) is 29.3 Å². The van der Waals surface area contributed by atoms with Crippen LogP contribution < -0.4 is 15.4 Å². The van der Waals surface area contributed by atoms with E-state index in [1.165, 1.54) is 12.1 Å². The number of hydrogen-bond acceptors (Lipinski definition) is 6. The molecule has 9 nitrogen and oxygen atoms in total. The van der Waals surface area contributed by atoms with E-state index in [2.05, 4.69) is 15.4 Å². The van der Waals surface area contributed by atoms with Crippen LogP contribution in [-0.4, -0.2) is 45.5 Å². The highest BCUT2D eigenvalue weighted by Gasteiger charge is 2.19. The van der Waals surface area contributed by atoms with E-state index in [-0.39, 0.29) is 10.9 Å². The van der Waals surface area contributed by atoms with Gasteiger partial charge in [0, 0.05) is 6.04 Å². The van der Waals surface area contributed by atoms with E-state index in [0.717, 1.165) is 43.2 Å².